The number of allylic oxidation sites excluding steroid dienone is 1. The molecule has 2 nitrogen and oxygen atoms in total. The van der Waals surface area contributed by atoms with E-state index in [4.69, 9.17) is 10.00 Å². The monoisotopic (exact) mass is 157 g/mol. The van der Waals surface area contributed by atoms with Crippen LogP contribution in [0.4, 0.5) is 0 Å². The Morgan fingerprint density at radius 3 is 3.08 bits per heavy atom. The van der Waals surface area contributed by atoms with E-state index in [1.165, 1.54) is 6.08 Å². The predicted octanol–water partition coefficient (Wildman–Crippen LogP) is 2.08. The molecule has 1 aromatic rings. The highest BCUT2D eigenvalue weighted by Crippen LogP contribution is 2.28. The van der Waals surface area contributed by atoms with E-state index < -0.39 is 0 Å². The summed E-state index contributed by atoms with van der Waals surface area (Å²) >= 11 is 0. The number of nitrogens with zero attached hydrogens (tertiary/aromatic N) is 1. The Labute approximate surface area is 70.7 Å². The zero-order valence-corrected chi connectivity index (χ0v) is 6.45. The minimum atomic E-state index is 0.587. The zero-order chi connectivity index (χ0) is 8.39. The molecule has 0 unspecified atom stereocenters. The maximum absolute atomic E-state index is 8.45. The van der Waals surface area contributed by atoms with Crippen molar-refractivity contribution in [2.45, 2.75) is 6.61 Å². The summed E-state index contributed by atoms with van der Waals surface area (Å²) in [4.78, 5) is 0. The van der Waals surface area contributed by atoms with Crippen molar-refractivity contribution in [2.75, 3.05) is 0 Å². The molecule has 0 amide bonds. The lowest BCUT2D eigenvalue weighted by atomic mass is 10.1. The van der Waals surface area contributed by atoms with E-state index >= 15 is 0 Å². The first-order valence-corrected chi connectivity index (χ1v) is 3.72. The van der Waals surface area contributed by atoms with Crippen LogP contribution in [0.25, 0.3) is 5.76 Å². The molecule has 0 aromatic heterocycles. The van der Waals surface area contributed by atoms with Gasteiger partial charge in [-0.05, 0) is 0 Å². The van der Waals surface area contributed by atoms with Gasteiger partial charge in [-0.1, -0.05) is 24.3 Å². The number of benzene rings is 1. The van der Waals surface area contributed by atoms with Crippen molar-refractivity contribution in [3.8, 4) is 6.07 Å². The summed E-state index contributed by atoms with van der Waals surface area (Å²) in [5.41, 5.74) is 2.19. The summed E-state index contributed by atoms with van der Waals surface area (Å²) in [5.74, 6) is 0.688. The number of rotatable bonds is 0. The maximum atomic E-state index is 8.45. The minimum absolute atomic E-state index is 0.587. The number of nitriles is 1. The first kappa shape index (κ1) is 6.93. The van der Waals surface area contributed by atoms with Crippen LogP contribution in [-0.2, 0) is 11.3 Å². The normalized spacial score (nSPS) is 16.8. The third kappa shape index (κ3) is 0.960. The molecular formula is C10H7NO. The van der Waals surface area contributed by atoms with Gasteiger partial charge in [0.1, 0.15) is 12.4 Å². The van der Waals surface area contributed by atoms with Gasteiger partial charge >= 0.3 is 0 Å². The lowest BCUT2D eigenvalue weighted by molar-refractivity contribution is 0.285. The molecule has 0 spiro atoms. The van der Waals surface area contributed by atoms with E-state index in [2.05, 4.69) is 0 Å². The Morgan fingerprint density at radius 1 is 1.42 bits per heavy atom. The Kier molecular flexibility index (Phi) is 1.56. The quantitative estimate of drug-likeness (QED) is 0.540. The predicted molar refractivity (Wildman–Crippen MR) is 44.8 cm³/mol. The molecule has 0 saturated heterocycles. The van der Waals surface area contributed by atoms with Gasteiger partial charge in [0.15, 0.2) is 0 Å². The Balaban J connectivity index is 2.51. The molecule has 0 aliphatic carbocycles. The molecule has 1 aliphatic heterocycles. The number of fused-ring (bicyclic) bond motifs is 1. The molecule has 0 saturated carbocycles. The van der Waals surface area contributed by atoms with E-state index in [1.807, 2.05) is 30.3 Å². The summed E-state index contributed by atoms with van der Waals surface area (Å²) in [5, 5.41) is 8.45. The SMILES string of the molecule is N#C/C=C1/OCc2ccccc21. The van der Waals surface area contributed by atoms with Gasteiger partial charge in [-0.2, -0.15) is 5.26 Å². The molecule has 2 heteroatoms. The molecule has 0 radical (unpaired) electrons. The van der Waals surface area contributed by atoms with E-state index in [0.717, 1.165) is 11.1 Å². The van der Waals surface area contributed by atoms with Crippen LogP contribution in [0.3, 0.4) is 0 Å². The third-order valence-electron chi connectivity index (χ3n) is 1.86. The Bertz CT molecular complexity index is 374. The lowest BCUT2D eigenvalue weighted by Crippen LogP contribution is -1.77. The van der Waals surface area contributed by atoms with Crippen molar-refractivity contribution >= 4 is 5.76 Å². The van der Waals surface area contributed by atoms with Crippen LogP contribution in [0.5, 0.6) is 0 Å². The number of hydrogen-bond donors (Lipinski definition) is 0. The number of ether oxygens (including phenoxy) is 1. The van der Waals surface area contributed by atoms with Crippen molar-refractivity contribution < 1.29 is 4.74 Å². The molecule has 2 rings (SSSR count). The van der Waals surface area contributed by atoms with Gasteiger partial charge in [0, 0.05) is 11.1 Å². The van der Waals surface area contributed by atoms with Crippen molar-refractivity contribution in [1.82, 2.24) is 0 Å². The molecule has 0 bridgehead atoms. The largest absolute Gasteiger partial charge is 0.487 e. The van der Waals surface area contributed by atoms with Gasteiger partial charge in [0.2, 0.25) is 0 Å². The van der Waals surface area contributed by atoms with Crippen molar-refractivity contribution in [3.63, 3.8) is 0 Å². The first-order valence-electron chi connectivity index (χ1n) is 3.72. The molecule has 1 aromatic carbocycles. The zero-order valence-electron chi connectivity index (χ0n) is 6.45. The summed E-state index contributed by atoms with van der Waals surface area (Å²) in [6.45, 7) is 0.587. The van der Waals surface area contributed by atoms with Crippen LogP contribution in [-0.4, -0.2) is 0 Å². The summed E-state index contributed by atoms with van der Waals surface area (Å²) < 4.78 is 5.30. The highest BCUT2D eigenvalue weighted by molar-refractivity contribution is 5.67. The van der Waals surface area contributed by atoms with Crippen LogP contribution in [0.1, 0.15) is 11.1 Å². The fraction of sp³-hybridized carbons (Fsp3) is 0.100. The van der Waals surface area contributed by atoms with E-state index in [1.54, 1.807) is 0 Å². The minimum Gasteiger partial charge on any atom is -0.487 e. The van der Waals surface area contributed by atoms with E-state index in [9.17, 15) is 0 Å². The molecule has 0 atom stereocenters. The fourth-order valence-electron chi connectivity index (χ4n) is 1.30. The van der Waals surface area contributed by atoms with Crippen LogP contribution in [0.2, 0.25) is 0 Å². The van der Waals surface area contributed by atoms with Gasteiger partial charge in [-0.25, -0.2) is 0 Å². The summed E-state index contributed by atoms with van der Waals surface area (Å²) in [7, 11) is 0. The standard InChI is InChI=1S/C10H7NO/c11-6-5-10-9-4-2-1-3-8(9)7-12-10/h1-5H,7H2/b10-5+. The highest BCUT2D eigenvalue weighted by atomic mass is 16.5. The van der Waals surface area contributed by atoms with Crippen molar-refractivity contribution in [2.24, 2.45) is 0 Å². The highest BCUT2D eigenvalue weighted by Gasteiger charge is 2.15. The third-order valence-corrected chi connectivity index (χ3v) is 1.86. The van der Waals surface area contributed by atoms with Gasteiger partial charge in [0.05, 0.1) is 12.1 Å². The summed E-state index contributed by atoms with van der Waals surface area (Å²) in [6, 6.07) is 9.85. The second kappa shape index (κ2) is 2.71. The second-order valence-corrected chi connectivity index (χ2v) is 2.58. The first-order chi connectivity index (χ1) is 5.92. The maximum Gasteiger partial charge on any atom is 0.137 e. The van der Waals surface area contributed by atoms with E-state index in [0.29, 0.717) is 12.4 Å². The van der Waals surface area contributed by atoms with Crippen LogP contribution in [0.15, 0.2) is 30.3 Å². The molecule has 58 valence electrons. The van der Waals surface area contributed by atoms with Gasteiger partial charge in [-0.3, -0.25) is 0 Å². The summed E-state index contributed by atoms with van der Waals surface area (Å²) in [6.07, 6.45) is 1.44. The average molecular weight is 157 g/mol. The van der Waals surface area contributed by atoms with Crippen LogP contribution in [0, 0.1) is 11.3 Å². The fourth-order valence-corrected chi connectivity index (χ4v) is 1.30. The molecule has 0 fully saturated rings. The molecule has 1 aliphatic rings. The van der Waals surface area contributed by atoms with Gasteiger partial charge < -0.3 is 4.74 Å². The molecule has 1 heterocycles. The molecule has 0 N–H and O–H groups in total. The molecular weight excluding hydrogens is 150 g/mol. The average Bonchev–Trinajstić information content (AvgIpc) is 2.50. The van der Waals surface area contributed by atoms with Gasteiger partial charge in [0.25, 0.3) is 0 Å². The lowest BCUT2D eigenvalue weighted by Gasteiger charge is -1.94. The van der Waals surface area contributed by atoms with Gasteiger partial charge in [-0.15, -0.1) is 0 Å². The molecule has 12 heavy (non-hydrogen) atoms. The Morgan fingerprint density at radius 2 is 2.25 bits per heavy atom. The number of hydrogen-bond acceptors (Lipinski definition) is 2. The van der Waals surface area contributed by atoms with Crippen molar-refractivity contribution in [1.29, 1.82) is 5.26 Å². The van der Waals surface area contributed by atoms with Crippen LogP contribution >= 0.6 is 0 Å². The van der Waals surface area contributed by atoms with Crippen molar-refractivity contribution in [3.05, 3.63) is 41.5 Å². The Hall–Kier alpha value is -1.75. The topological polar surface area (TPSA) is 33.0 Å². The second-order valence-electron chi connectivity index (χ2n) is 2.58. The van der Waals surface area contributed by atoms with Crippen LogP contribution < -0.4 is 0 Å². The van der Waals surface area contributed by atoms with E-state index in [-0.39, 0.29) is 0 Å². The smallest absolute Gasteiger partial charge is 0.137 e.